The Kier molecular flexibility index (Phi) is 8.85. The molecule has 1 spiro atoms. The maximum atomic E-state index is 12.9. The van der Waals surface area contributed by atoms with Gasteiger partial charge in [0.15, 0.2) is 0 Å². The monoisotopic (exact) mass is 442 g/mol. The quantitative estimate of drug-likeness (QED) is 0.551. The van der Waals surface area contributed by atoms with E-state index in [0.717, 1.165) is 76.6 Å². The molecule has 3 aliphatic rings. The molecule has 0 aromatic heterocycles. The second kappa shape index (κ2) is 11.8. The molecule has 7 nitrogen and oxygen atoms in total. The van der Waals surface area contributed by atoms with E-state index < -0.39 is 0 Å². The maximum Gasteiger partial charge on any atom is 0.290 e. The second-order valence-electron chi connectivity index (χ2n) is 8.87. The smallest absolute Gasteiger partial charge is 0.290 e. The molecule has 2 amide bonds. The summed E-state index contributed by atoms with van der Waals surface area (Å²) in [6.45, 7) is 2.30. The first kappa shape index (κ1) is 24.0. The molecule has 4 rings (SSSR count). The predicted octanol–water partition coefficient (Wildman–Crippen LogP) is 3.25. The van der Waals surface area contributed by atoms with Crippen molar-refractivity contribution in [2.75, 3.05) is 19.7 Å². The van der Waals surface area contributed by atoms with Gasteiger partial charge in [0.25, 0.3) is 6.47 Å². The van der Waals surface area contributed by atoms with Crippen molar-refractivity contribution in [2.24, 2.45) is 5.92 Å². The number of ether oxygens (including phenoxy) is 1. The molecule has 2 saturated heterocycles. The van der Waals surface area contributed by atoms with Gasteiger partial charge < -0.3 is 20.1 Å². The molecule has 0 atom stereocenters. The number of likely N-dealkylation sites (tertiary alicyclic amines) is 1. The van der Waals surface area contributed by atoms with Gasteiger partial charge in [-0.25, -0.2) is 0 Å². The van der Waals surface area contributed by atoms with Crippen LogP contribution in [-0.2, 0) is 19.1 Å². The first-order chi connectivity index (χ1) is 15.5. The van der Waals surface area contributed by atoms with Gasteiger partial charge in [0.05, 0.1) is 5.60 Å². The van der Waals surface area contributed by atoms with Crippen LogP contribution in [-0.4, -0.2) is 59.6 Å². The van der Waals surface area contributed by atoms with Crippen LogP contribution in [0.2, 0.25) is 0 Å². The molecule has 2 N–H and O–H groups in total. The number of carbonyl (C=O) groups excluding carboxylic acids is 2. The number of hydrogen-bond acceptors (Lipinski definition) is 4. The zero-order chi connectivity index (χ0) is 22.8. The summed E-state index contributed by atoms with van der Waals surface area (Å²) in [7, 11) is 0. The summed E-state index contributed by atoms with van der Waals surface area (Å²) in [6, 6.07) is 9.99. The number of benzene rings is 1. The summed E-state index contributed by atoms with van der Waals surface area (Å²) in [6.07, 6.45) is 11.2. The third-order valence-corrected chi connectivity index (χ3v) is 6.82. The number of nitrogens with zero attached hydrogens (tertiary/aromatic N) is 1. The van der Waals surface area contributed by atoms with Gasteiger partial charge in [-0.2, -0.15) is 0 Å². The van der Waals surface area contributed by atoms with Gasteiger partial charge >= 0.3 is 0 Å². The molecule has 1 saturated carbocycles. The van der Waals surface area contributed by atoms with E-state index in [0.29, 0.717) is 5.91 Å². The molecule has 174 valence electrons. The fourth-order valence-corrected chi connectivity index (χ4v) is 5.01. The number of amides is 2. The van der Waals surface area contributed by atoms with Crippen LogP contribution in [0.3, 0.4) is 0 Å². The van der Waals surface area contributed by atoms with Gasteiger partial charge in [-0.1, -0.05) is 30.3 Å². The molecule has 0 bridgehead atoms. The minimum atomic E-state index is -0.250. The van der Waals surface area contributed by atoms with Crippen molar-refractivity contribution in [1.29, 1.82) is 0 Å². The minimum absolute atomic E-state index is 0.0541. The lowest BCUT2D eigenvalue weighted by molar-refractivity contribution is -0.141. The number of piperidine rings is 1. The first-order valence-corrected chi connectivity index (χ1v) is 11.6. The number of nitrogens with one attached hydrogen (secondary N) is 1. The average Bonchev–Trinajstić information content (AvgIpc) is 3.27. The normalized spacial score (nSPS) is 24.6. The fourth-order valence-electron chi connectivity index (χ4n) is 5.01. The first-order valence-electron chi connectivity index (χ1n) is 11.6. The van der Waals surface area contributed by atoms with Crippen molar-refractivity contribution in [1.82, 2.24) is 10.2 Å². The Balaban J connectivity index is 0.000000913. The molecule has 1 aromatic carbocycles. The van der Waals surface area contributed by atoms with Gasteiger partial charge in [0, 0.05) is 37.7 Å². The van der Waals surface area contributed by atoms with E-state index in [1.807, 2.05) is 36.4 Å². The van der Waals surface area contributed by atoms with Crippen molar-refractivity contribution in [2.45, 2.75) is 63.0 Å². The molecular formula is C25H34N2O5. The fraction of sp³-hybridized carbons (Fsp3) is 0.560. The maximum absolute atomic E-state index is 12.9. The van der Waals surface area contributed by atoms with Gasteiger partial charge in [-0.05, 0) is 63.0 Å². The van der Waals surface area contributed by atoms with Crippen LogP contribution in [0, 0.1) is 5.92 Å². The van der Waals surface area contributed by atoms with Crippen molar-refractivity contribution < 1.29 is 24.2 Å². The molecule has 32 heavy (non-hydrogen) atoms. The molecule has 3 fully saturated rings. The summed E-state index contributed by atoms with van der Waals surface area (Å²) in [4.78, 5) is 35.5. The van der Waals surface area contributed by atoms with E-state index in [4.69, 9.17) is 14.6 Å². The Morgan fingerprint density at radius 3 is 2.31 bits per heavy atom. The minimum Gasteiger partial charge on any atom is -0.483 e. The van der Waals surface area contributed by atoms with Crippen molar-refractivity contribution >= 4 is 24.4 Å². The lowest BCUT2D eigenvalue weighted by Gasteiger charge is -2.40. The number of carbonyl (C=O) groups is 3. The lowest BCUT2D eigenvalue weighted by atomic mass is 9.83. The topological polar surface area (TPSA) is 95.9 Å². The van der Waals surface area contributed by atoms with Crippen molar-refractivity contribution in [3.8, 4) is 0 Å². The highest BCUT2D eigenvalue weighted by Gasteiger charge is 2.40. The lowest BCUT2D eigenvalue weighted by Crippen LogP contribution is -2.49. The molecule has 2 aliphatic heterocycles. The van der Waals surface area contributed by atoms with E-state index in [9.17, 15) is 9.59 Å². The Morgan fingerprint density at radius 2 is 1.72 bits per heavy atom. The van der Waals surface area contributed by atoms with E-state index in [1.165, 1.54) is 0 Å². The third-order valence-electron chi connectivity index (χ3n) is 6.82. The van der Waals surface area contributed by atoms with E-state index in [2.05, 4.69) is 10.2 Å². The summed E-state index contributed by atoms with van der Waals surface area (Å²) in [5.74, 6) is 0.370. The second-order valence-corrected chi connectivity index (χ2v) is 8.87. The van der Waals surface area contributed by atoms with Crippen molar-refractivity contribution in [3.05, 3.63) is 42.0 Å². The van der Waals surface area contributed by atoms with Crippen LogP contribution < -0.4 is 5.32 Å². The van der Waals surface area contributed by atoms with E-state index in [-0.39, 0.29) is 29.9 Å². The molecule has 7 heteroatoms. The summed E-state index contributed by atoms with van der Waals surface area (Å²) < 4.78 is 5.97. The number of hydrogen-bond donors (Lipinski definition) is 2. The van der Waals surface area contributed by atoms with Crippen LogP contribution in [0.4, 0.5) is 0 Å². The van der Waals surface area contributed by atoms with Gasteiger partial charge in [0.2, 0.25) is 11.8 Å². The highest BCUT2D eigenvalue weighted by atomic mass is 16.5. The number of rotatable bonds is 4. The van der Waals surface area contributed by atoms with E-state index >= 15 is 0 Å². The summed E-state index contributed by atoms with van der Waals surface area (Å²) in [5.41, 5.74) is 1.08. The van der Waals surface area contributed by atoms with Crippen LogP contribution in [0.1, 0.15) is 56.9 Å². The molecule has 0 unspecified atom stereocenters. The van der Waals surface area contributed by atoms with Crippen LogP contribution in [0.5, 0.6) is 0 Å². The van der Waals surface area contributed by atoms with Crippen LogP contribution in [0.15, 0.2) is 36.4 Å². The average molecular weight is 443 g/mol. The molecule has 0 radical (unpaired) electrons. The summed E-state index contributed by atoms with van der Waals surface area (Å²) >= 11 is 0. The van der Waals surface area contributed by atoms with Crippen LogP contribution in [0.25, 0.3) is 6.08 Å². The van der Waals surface area contributed by atoms with Gasteiger partial charge in [-0.3, -0.25) is 14.4 Å². The third kappa shape index (κ3) is 6.66. The Labute approximate surface area is 189 Å². The predicted molar refractivity (Wildman–Crippen MR) is 122 cm³/mol. The molecule has 1 aliphatic carbocycles. The summed E-state index contributed by atoms with van der Waals surface area (Å²) in [5, 5.41) is 9.98. The van der Waals surface area contributed by atoms with E-state index in [1.54, 1.807) is 6.08 Å². The standard InChI is InChI=1S/C24H32N2O3.CH2O2/c27-22(12-7-19-5-2-1-3-6-19)25-21-10-8-20(9-11-21)23(28)26-16-14-24(15-17-26)13-4-18-29-24;2-1-3/h1-3,5-7,12,20-21H,4,8-11,13-18H2,(H,25,27);1H,(H,2,3). The van der Waals surface area contributed by atoms with Gasteiger partial charge in [0.1, 0.15) is 0 Å². The molecule has 2 heterocycles. The highest BCUT2D eigenvalue weighted by molar-refractivity contribution is 5.91. The Hall–Kier alpha value is -2.67. The van der Waals surface area contributed by atoms with Gasteiger partial charge in [-0.15, -0.1) is 0 Å². The zero-order valence-corrected chi connectivity index (χ0v) is 18.6. The zero-order valence-electron chi connectivity index (χ0n) is 18.6. The molecular weight excluding hydrogens is 408 g/mol. The largest absolute Gasteiger partial charge is 0.483 e. The van der Waals surface area contributed by atoms with Crippen molar-refractivity contribution in [3.63, 3.8) is 0 Å². The Morgan fingerprint density at radius 1 is 1.06 bits per heavy atom. The SMILES string of the molecule is O=C(C=Cc1ccccc1)NC1CCC(C(=O)N2CCC3(CCCO3)CC2)CC1.O=CO. The highest BCUT2D eigenvalue weighted by Crippen LogP contribution is 2.36. The Bertz CT molecular complexity index is 771. The molecule has 1 aromatic rings. The van der Waals surface area contributed by atoms with Crippen LogP contribution >= 0.6 is 0 Å². The number of carboxylic acid groups (broad SMARTS) is 1.